The van der Waals surface area contributed by atoms with Crippen LogP contribution in [0.4, 0.5) is 0 Å². The first-order chi connectivity index (χ1) is 10.6. The summed E-state index contributed by atoms with van der Waals surface area (Å²) in [7, 11) is 0. The van der Waals surface area contributed by atoms with Crippen molar-refractivity contribution in [2.45, 2.75) is 33.2 Å². The summed E-state index contributed by atoms with van der Waals surface area (Å²) in [5.41, 5.74) is 2.17. The molecule has 1 fully saturated rings. The Labute approximate surface area is 155 Å². The van der Waals surface area contributed by atoms with Gasteiger partial charge in [-0.15, -0.1) is 24.8 Å². The van der Waals surface area contributed by atoms with E-state index in [2.05, 4.69) is 22.5 Å². The molecule has 2 N–H and O–H groups in total. The van der Waals surface area contributed by atoms with Crippen molar-refractivity contribution in [2.24, 2.45) is 5.41 Å². The van der Waals surface area contributed by atoms with Crippen molar-refractivity contribution >= 4 is 41.8 Å². The molecule has 0 radical (unpaired) electrons. The number of nitrogens with one attached hydrogen (secondary N) is 2. The number of amides is 1. The third kappa shape index (κ3) is 4.62. The largest absolute Gasteiger partial charge is 0.354 e. The van der Waals surface area contributed by atoms with E-state index >= 15 is 0 Å². The minimum absolute atomic E-state index is 0. The summed E-state index contributed by atoms with van der Waals surface area (Å²) in [5.74, 6) is 0.940. The van der Waals surface area contributed by atoms with Gasteiger partial charge in [0, 0.05) is 6.54 Å². The molecular formula is C17H26Cl2N4O. The average molecular weight is 373 g/mol. The number of carbonyl (C=O) groups is 1. The van der Waals surface area contributed by atoms with Gasteiger partial charge in [-0.3, -0.25) is 4.79 Å². The molecule has 1 aromatic heterocycles. The molecule has 134 valence electrons. The molecule has 7 heteroatoms. The maximum Gasteiger partial charge on any atom is 0.240 e. The quantitative estimate of drug-likeness (QED) is 0.867. The average Bonchev–Trinajstić information content (AvgIpc) is 2.82. The third-order valence-electron chi connectivity index (χ3n) is 4.67. The zero-order valence-corrected chi connectivity index (χ0v) is 15.8. The molecule has 1 aliphatic heterocycles. The smallest absolute Gasteiger partial charge is 0.240 e. The first-order valence-corrected chi connectivity index (χ1v) is 7.97. The van der Waals surface area contributed by atoms with E-state index in [0.29, 0.717) is 6.54 Å². The summed E-state index contributed by atoms with van der Waals surface area (Å²) in [4.78, 5) is 16.8. The van der Waals surface area contributed by atoms with Crippen molar-refractivity contribution in [2.75, 3.05) is 19.6 Å². The highest BCUT2D eigenvalue weighted by Crippen LogP contribution is 2.26. The molecule has 0 spiro atoms. The van der Waals surface area contributed by atoms with Gasteiger partial charge in [-0.2, -0.15) is 0 Å². The highest BCUT2D eigenvalue weighted by atomic mass is 35.5. The molecule has 2 heterocycles. The summed E-state index contributed by atoms with van der Waals surface area (Å²) in [6.07, 6.45) is 2.22. The van der Waals surface area contributed by atoms with Crippen molar-refractivity contribution in [1.82, 2.24) is 20.2 Å². The summed E-state index contributed by atoms with van der Waals surface area (Å²) < 4.78 is 1.98. The van der Waals surface area contributed by atoms with Crippen molar-refractivity contribution in [3.05, 3.63) is 30.1 Å². The number of fused-ring (bicyclic) bond motifs is 1. The summed E-state index contributed by atoms with van der Waals surface area (Å²) >= 11 is 0. The number of hydrogen-bond acceptors (Lipinski definition) is 3. The van der Waals surface area contributed by atoms with Crippen LogP contribution in [0.5, 0.6) is 0 Å². The Morgan fingerprint density at radius 3 is 2.67 bits per heavy atom. The van der Waals surface area contributed by atoms with E-state index in [4.69, 9.17) is 0 Å². The van der Waals surface area contributed by atoms with Gasteiger partial charge in [0.25, 0.3) is 0 Å². The molecule has 3 rings (SSSR count). The van der Waals surface area contributed by atoms with Gasteiger partial charge in [0.2, 0.25) is 5.91 Å². The lowest BCUT2D eigenvalue weighted by molar-refractivity contribution is -0.122. The Kier molecular flexibility index (Phi) is 7.52. The maximum atomic E-state index is 12.3. The van der Waals surface area contributed by atoms with Crippen molar-refractivity contribution < 1.29 is 4.79 Å². The highest BCUT2D eigenvalue weighted by molar-refractivity contribution is 5.85. The van der Waals surface area contributed by atoms with Gasteiger partial charge in [-0.25, -0.2) is 4.98 Å². The topological polar surface area (TPSA) is 59.0 Å². The highest BCUT2D eigenvalue weighted by Gasteiger charge is 2.27. The normalized spacial score (nSPS) is 16.1. The fourth-order valence-corrected chi connectivity index (χ4v) is 3.11. The molecule has 0 unspecified atom stereocenters. The molecule has 24 heavy (non-hydrogen) atoms. The first-order valence-electron chi connectivity index (χ1n) is 7.97. The van der Waals surface area contributed by atoms with Crippen LogP contribution in [-0.4, -0.2) is 35.1 Å². The number of rotatable bonds is 4. The second kappa shape index (κ2) is 8.70. The number of imidazole rings is 1. The molecule has 0 aliphatic carbocycles. The second-order valence-corrected chi connectivity index (χ2v) is 6.57. The van der Waals surface area contributed by atoms with E-state index in [0.717, 1.165) is 49.3 Å². The lowest BCUT2D eigenvalue weighted by Gasteiger charge is -2.34. The zero-order valence-electron chi connectivity index (χ0n) is 14.2. The van der Waals surface area contributed by atoms with Crippen LogP contribution in [0.2, 0.25) is 0 Å². The third-order valence-corrected chi connectivity index (χ3v) is 4.67. The van der Waals surface area contributed by atoms with Crippen molar-refractivity contribution in [1.29, 1.82) is 0 Å². The molecule has 0 saturated carbocycles. The lowest BCUT2D eigenvalue weighted by atomic mass is 9.81. The fourth-order valence-electron chi connectivity index (χ4n) is 3.11. The van der Waals surface area contributed by atoms with Gasteiger partial charge in [-0.05, 0) is 50.4 Å². The Hall–Kier alpha value is -1.30. The van der Waals surface area contributed by atoms with Crippen LogP contribution in [0.15, 0.2) is 24.3 Å². The molecule has 1 amide bonds. The standard InChI is InChI=1S/C17H24N4O.2ClH/c1-13-20-14-5-3-4-6-15(14)21(13)11-16(22)19-12-17(2)7-9-18-10-8-17;;/h3-6,18H,7-12H2,1-2H3,(H,19,22);2*1H. The van der Waals surface area contributed by atoms with E-state index in [1.54, 1.807) is 0 Å². The van der Waals surface area contributed by atoms with Crippen LogP contribution in [0.25, 0.3) is 11.0 Å². The van der Waals surface area contributed by atoms with Crippen molar-refractivity contribution in [3.63, 3.8) is 0 Å². The number of aryl methyl sites for hydroxylation is 1. The fraction of sp³-hybridized carbons (Fsp3) is 0.529. The Balaban J connectivity index is 0.00000144. The minimum atomic E-state index is 0. The molecule has 1 aromatic carbocycles. The van der Waals surface area contributed by atoms with Crippen molar-refractivity contribution in [3.8, 4) is 0 Å². The number of benzene rings is 1. The van der Waals surface area contributed by atoms with E-state index in [1.807, 2.05) is 35.8 Å². The van der Waals surface area contributed by atoms with E-state index in [9.17, 15) is 4.79 Å². The van der Waals surface area contributed by atoms with Crippen LogP contribution in [-0.2, 0) is 11.3 Å². The number of carbonyl (C=O) groups excluding carboxylic acids is 1. The lowest BCUT2D eigenvalue weighted by Crippen LogP contribution is -2.43. The number of halogens is 2. The molecule has 0 atom stereocenters. The number of hydrogen-bond donors (Lipinski definition) is 2. The van der Waals surface area contributed by atoms with Crippen LogP contribution in [0, 0.1) is 12.3 Å². The summed E-state index contributed by atoms with van der Waals surface area (Å²) in [5, 5.41) is 6.47. The monoisotopic (exact) mass is 372 g/mol. The predicted octanol–water partition coefficient (Wildman–Crippen LogP) is 2.69. The summed E-state index contributed by atoms with van der Waals surface area (Å²) in [6.45, 7) is 7.36. The van der Waals surface area contributed by atoms with Gasteiger partial charge in [0.1, 0.15) is 12.4 Å². The molecule has 5 nitrogen and oxygen atoms in total. The SMILES string of the molecule is Cc1nc2ccccc2n1CC(=O)NCC1(C)CCNCC1.Cl.Cl. The molecular weight excluding hydrogens is 347 g/mol. The number of piperidine rings is 1. The van der Waals surface area contributed by atoms with Gasteiger partial charge in [-0.1, -0.05) is 19.1 Å². The van der Waals surface area contributed by atoms with Crippen LogP contribution >= 0.6 is 24.8 Å². The Bertz CT molecular complexity index is 680. The molecule has 1 saturated heterocycles. The van der Waals surface area contributed by atoms with Gasteiger partial charge < -0.3 is 15.2 Å². The first kappa shape index (κ1) is 20.7. The maximum absolute atomic E-state index is 12.3. The van der Waals surface area contributed by atoms with Crippen LogP contribution < -0.4 is 10.6 Å². The van der Waals surface area contributed by atoms with E-state index < -0.39 is 0 Å². The molecule has 2 aromatic rings. The summed E-state index contributed by atoms with van der Waals surface area (Å²) in [6, 6.07) is 7.94. The number of para-hydroxylation sites is 2. The van der Waals surface area contributed by atoms with E-state index in [-0.39, 0.29) is 36.1 Å². The van der Waals surface area contributed by atoms with Crippen LogP contribution in [0.3, 0.4) is 0 Å². The minimum Gasteiger partial charge on any atom is -0.354 e. The molecule has 1 aliphatic rings. The van der Waals surface area contributed by atoms with Gasteiger partial charge in [0.05, 0.1) is 11.0 Å². The molecule has 0 bridgehead atoms. The predicted molar refractivity (Wildman–Crippen MR) is 102 cm³/mol. The number of aromatic nitrogens is 2. The van der Waals surface area contributed by atoms with Gasteiger partial charge in [0.15, 0.2) is 0 Å². The Morgan fingerprint density at radius 2 is 1.96 bits per heavy atom. The second-order valence-electron chi connectivity index (χ2n) is 6.57. The zero-order chi connectivity index (χ0) is 15.6. The van der Waals surface area contributed by atoms with Gasteiger partial charge >= 0.3 is 0 Å². The Morgan fingerprint density at radius 1 is 1.29 bits per heavy atom. The number of nitrogens with zero attached hydrogens (tertiary/aromatic N) is 2. The van der Waals surface area contributed by atoms with Crippen LogP contribution in [0.1, 0.15) is 25.6 Å². The van der Waals surface area contributed by atoms with E-state index in [1.165, 1.54) is 0 Å².